The van der Waals surface area contributed by atoms with Crippen molar-refractivity contribution in [3.63, 3.8) is 0 Å². The van der Waals surface area contributed by atoms with E-state index in [1.54, 1.807) is 0 Å². The van der Waals surface area contributed by atoms with E-state index in [2.05, 4.69) is 32.6 Å². The third kappa shape index (κ3) is 26.3. The Morgan fingerprint density at radius 1 is 0.909 bits per heavy atom. The summed E-state index contributed by atoms with van der Waals surface area (Å²) in [6.45, 7) is 10.5. The van der Waals surface area contributed by atoms with Crippen LogP contribution in [0.2, 0.25) is 0 Å². The van der Waals surface area contributed by atoms with Gasteiger partial charge in [0.2, 0.25) is 0 Å². The third-order valence-electron chi connectivity index (χ3n) is 0.729. The van der Waals surface area contributed by atoms with E-state index in [-0.39, 0.29) is 0 Å². The van der Waals surface area contributed by atoms with Gasteiger partial charge in [0, 0.05) is 12.8 Å². The molecule has 66 valence electrons. The van der Waals surface area contributed by atoms with Gasteiger partial charge in [0.05, 0.1) is 0 Å². The molecule has 0 heteroatoms. The van der Waals surface area contributed by atoms with E-state index in [0.717, 1.165) is 18.8 Å². The minimum absolute atomic E-state index is 0.833. The Kier molecular flexibility index (Phi) is 14.7. The summed E-state index contributed by atoms with van der Waals surface area (Å²) in [4.78, 5) is 0. The van der Waals surface area contributed by atoms with Gasteiger partial charge in [0.15, 0.2) is 0 Å². The molecule has 0 aliphatic heterocycles. The Balaban J connectivity index is 0. The van der Waals surface area contributed by atoms with E-state index in [4.69, 9.17) is 0 Å². The van der Waals surface area contributed by atoms with Crippen molar-refractivity contribution in [1.82, 2.24) is 0 Å². The van der Waals surface area contributed by atoms with Gasteiger partial charge in [-0.05, 0) is 12.3 Å². The van der Waals surface area contributed by atoms with Crippen LogP contribution in [0.5, 0.6) is 0 Å². The van der Waals surface area contributed by atoms with Crippen molar-refractivity contribution in [1.29, 1.82) is 0 Å². The molecule has 0 aromatic rings. The predicted octanol–water partition coefficient (Wildman–Crippen LogP) is 3.86. The fraction of sp³-hybridized carbons (Fsp3) is 0.818. The fourth-order valence-corrected chi connectivity index (χ4v) is 0.442. The monoisotopic (exact) mass is 154 g/mol. The summed E-state index contributed by atoms with van der Waals surface area (Å²) in [5.41, 5.74) is 0. The standard InChI is InChI=1S/C5H6.C4H10.C2H6/c1-2-4-5-3-1;1-4(2)3;1-2/h1-3H2;4H,1-3H3;1-2H3. The molecule has 0 N–H and O–H groups in total. The second-order valence-corrected chi connectivity index (χ2v) is 2.94. The van der Waals surface area contributed by atoms with Gasteiger partial charge in [-0.3, -0.25) is 0 Å². The summed E-state index contributed by atoms with van der Waals surface area (Å²) in [7, 11) is 0. The average molecular weight is 154 g/mol. The molecule has 0 atom stereocenters. The van der Waals surface area contributed by atoms with E-state index in [1.165, 1.54) is 6.42 Å². The highest BCUT2D eigenvalue weighted by Gasteiger charge is 1.83. The first kappa shape index (κ1) is 13.2. The van der Waals surface area contributed by atoms with Gasteiger partial charge in [0.25, 0.3) is 0 Å². The summed E-state index contributed by atoms with van der Waals surface area (Å²) in [5, 5.41) is 0. The maximum Gasteiger partial charge on any atom is 0.00977 e. The second kappa shape index (κ2) is 12.3. The maximum absolute atomic E-state index is 2.97. The van der Waals surface area contributed by atoms with Crippen molar-refractivity contribution in [2.45, 2.75) is 53.9 Å². The number of rotatable bonds is 0. The van der Waals surface area contributed by atoms with Crippen molar-refractivity contribution >= 4 is 0 Å². The quantitative estimate of drug-likeness (QED) is 0.465. The van der Waals surface area contributed by atoms with E-state index >= 15 is 0 Å². The van der Waals surface area contributed by atoms with Crippen LogP contribution in [-0.2, 0) is 0 Å². The van der Waals surface area contributed by atoms with Crippen molar-refractivity contribution in [2.75, 3.05) is 0 Å². The molecule has 1 aliphatic rings. The molecule has 0 fully saturated rings. The van der Waals surface area contributed by atoms with Crippen LogP contribution in [0.1, 0.15) is 53.9 Å². The van der Waals surface area contributed by atoms with Crippen molar-refractivity contribution < 1.29 is 0 Å². The zero-order chi connectivity index (χ0) is 9.11. The van der Waals surface area contributed by atoms with Gasteiger partial charge in [-0.15, -0.1) is 11.8 Å². The smallest absolute Gasteiger partial charge is 0.00977 e. The fourth-order valence-electron chi connectivity index (χ4n) is 0.442. The van der Waals surface area contributed by atoms with E-state index in [9.17, 15) is 0 Å². The highest BCUT2D eigenvalue weighted by Crippen LogP contribution is 1.97. The molecule has 0 aromatic heterocycles. The zero-order valence-corrected chi connectivity index (χ0v) is 8.70. The van der Waals surface area contributed by atoms with Gasteiger partial charge < -0.3 is 0 Å². The minimum atomic E-state index is 0.833. The van der Waals surface area contributed by atoms with Gasteiger partial charge >= 0.3 is 0 Å². The number of hydrogen-bond acceptors (Lipinski definition) is 0. The first-order valence-electron chi connectivity index (χ1n) is 4.69. The first-order valence-corrected chi connectivity index (χ1v) is 4.69. The Morgan fingerprint density at radius 2 is 1.18 bits per heavy atom. The summed E-state index contributed by atoms with van der Waals surface area (Å²) in [6.07, 6.45) is 3.56. The molecule has 0 saturated carbocycles. The van der Waals surface area contributed by atoms with E-state index < -0.39 is 0 Å². The summed E-state index contributed by atoms with van der Waals surface area (Å²) >= 11 is 0. The Hall–Kier alpha value is -0.440. The maximum atomic E-state index is 2.97. The first-order chi connectivity index (χ1) is 5.23. The summed E-state index contributed by atoms with van der Waals surface area (Å²) < 4.78 is 0. The molecule has 0 aromatic carbocycles. The molecule has 0 spiro atoms. The lowest BCUT2D eigenvalue weighted by Gasteiger charge is -1.79. The molecule has 11 heavy (non-hydrogen) atoms. The van der Waals surface area contributed by atoms with Crippen LogP contribution in [0, 0.1) is 17.8 Å². The van der Waals surface area contributed by atoms with Crippen molar-refractivity contribution in [3.05, 3.63) is 0 Å². The molecule has 0 bridgehead atoms. The third-order valence-corrected chi connectivity index (χ3v) is 0.729. The van der Waals surface area contributed by atoms with Gasteiger partial charge in [-0.2, -0.15) is 0 Å². The normalized spacial score (nSPS) is 11.8. The molecule has 0 amide bonds. The minimum Gasteiger partial charge on any atom is -0.103 e. The molecule has 1 rings (SSSR count). The van der Waals surface area contributed by atoms with Crippen LogP contribution in [0.25, 0.3) is 0 Å². The molecule has 0 unspecified atom stereocenters. The van der Waals surface area contributed by atoms with Crippen LogP contribution in [0.4, 0.5) is 0 Å². The SMILES string of the molecule is C1#CCCC1.CC.CC(C)C. The average Bonchev–Trinajstić information content (AvgIpc) is 2.44. The molecular formula is C11H22. The Bertz CT molecular complexity index is 90.2. The second-order valence-electron chi connectivity index (χ2n) is 2.94. The van der Waals surface area contributed by atoms with Gasteiger partial charge in [-0.25, -0.2) is 0 Å². The largest absolute Gasteiger partial charge is 0.103 e. The van der Waals surface area contributed by atoms with Crippen molar-refractivity contribution in [3.8, 4) is 11.8 Å². The molecular weight excluding hydrogens is 132 g/mol. The molecule has 1 aliphatic carbocycles. The summed E-state index contributed by atoms with van der Waals surface area (Å²) in [5.74, 6) is 6.78. The van der Waals surface area contributed by atoms with Crippen molar-refractivity contribution in [2.24, 2.45) is 5.92 Å². The zero-order valence-electron chi connectivity index (χ0n) is 8.70. The Labute approximate surface area is 72.4 Å². The lowest BCUT2D eigenvalue weighted by Crippen LogP contribution is -1.66. The van der Waals surface area contributed by atoms with Gasteiger partial charge in [0.1, 0.15) is 0 Å². The highest BCUT2D eigenvalue weighted by atomic mass is 13.9. The Morgan fingerprint density at radius 3 is 1.27 bits per heavy atom. The van der Waals surface area contributed by atoms with Gasteiger partial charge in [-0.1, -0.05) is 34.6 Å². The predicted molar refractivity (Wildman–Crippen MR) is 53.5 cm³/mol. The topological polar surface area (TPSA) is 0 Å². The van der Waals surface area contributed by atoms with Crippen LogP contribution in [-0.4, -0.2) is 0 Å². The summed E-state index contributed by atoms with van der Waals surface area (Å²) in [6, 6.07) is 0. The molecule has 0 nitrogen and oxygen atoms in total. The van der Waals surface area contributed by atoms with Crippen LogP contribution in [0.3, 0.4) is 0 Å². The lowest BCUT2D eigenvalue weighted by atomic mass is 10.3. The molecule has 0 saturated heterocycles. The van der Waals surface area contributed by atoms with Crippen LogP contribution in [0.15, 0.2) is 0 Å². The lowest BCUT2D eigenvalue weighted by molar-refractivity contribution is 0.737. The van der Waals surface area contributed by atoms with E-state index in [0.29, 0.717) is 0 Å². The van der Waals surface area contributed by atoms with Crippen LogP contribution < -0.4 is 0 Å². The van der Waals surface area contributed by atoms with Crippen LogP contribution >= 0.6 is 0 Å². The molecule has 0 heterocycles. The van der Waals surface area contributed by atoms with E-state index in [1.807, 2.05) is 13.8 Å². The highest BCUT2D eigenvalue weighted by molar-refractivity contribution is 5.04. The number of hydrogen-bond donors (Lipinski definition) is 0. The molecule has 0 radical (unpaired) electrons.